The van der Waals surface area contributed by atoms with Gasteiger partial charge in [-0.2, -0.15) is 5.26 Å². The minimum atomic E-state index is -0.911. The number of rotatable bonds is 2. The molecule has 37 heavy (non-hydrogen) atoms. The van der Waals surface area contributed by atoms with Gasteiger partial charge in [0.15, 0.2) is 11.9 Å². The van der Waals surface area contributed by atoms with Crippen molar-refractivity contribution in [3.63, 3.8) is 0 Å². The predicted octanol–water partition coefficient (Wildman–Crippen LogP) is 4.55. The molecule has 3 aliphatic heterocycles. The van der Waals surface area contributed by atoms with Crippen molar-refractivity contribution in [1.29, 1.82) is 5.26 Å². The zero-order valence-corrected chi connectivity index (χ0v) is 20.8. The van der Waals surface area contributed by atoms with Crippen molar-refractivity contribution in [3.8, 4) is 6.19 Å². The fourth-order valence-electron chi connectivity index (χ4n) is 7.47. The highest BCUT2D eigenvalue weighted by atomic mass is 16.6. The van der Waals surface area contributed by atoms with Gasteiger partial charge in [0.25, 0.3) is 5.91 Å². The highest BCUT2D eigenvalue weighted by molar-refractivity contribution is 6.31. The van der Waals surface area contributed by atoms with E-state index in [0.29, 0.717) is 13.0 Å². The number of aromatic nitrogens is 2. The first-order valence-electron chi connectivity index (χ1n) is 12.6. The average molecular weight is 492 g/mol. The first kappa shape index (κ1) is 21.1. The summed E-state index contributed by atoms with van der Waals surface area (Å²) in [6, 6.07) is 16.4. The van der Waals surface area contributed by atoms with Crippen LogP contribution >= 0.6 is 0 Å². The van der Waals surface area contributed by atoms with Gasteiger partial charge in [0.1, 0.15) is 12.3 Å². The number of fused-ring (bicyclic) bond motifs is 13. The number of likely N-dealkylation sites (N-methyl/N-ethyl adjacent to an activating group) is 1. The maximum Gasteiger partial charge on any atom is 0.252 e. The molecule has 1 saturated heterocycles. The highest BCUT2D eigenvalue weighted by Gasteiger charge is 2.54. The molecule has 0 saturated carbocycles. The molecule has 5 aromatic rings. The third-order valence-electron chi connectivity index (χ3n) is 8.85. The van der Waals surface area contributed by atoms with Gasteiger partial charge in [-0.15, -0.1) is 0 Å². The van der Waals surface area contributed by atoms with Crippen LogP contribution in [0.2, 0.25) is 0 Å². The van der Waals surface area contributed by atoms with Gasteiger partial charge in [-0.1, -0.05) is 36.4 Å². The zero-order valence-electron chi connectivity index (χ0n) is 20.8. The molecule has 0 spiro atoms. The average Bonchev–Trinajstić information content (AvgIpc) is 3.55. The number of hydrogen-bond acceptors (Lipinski definition) is 5. The smallest absolute Gasteiger partial charge is 0.252 e. The Labute approximate surface area is 212 Å². The monoisotopic (exact) mass is 491 g/mol. The van der Waals surface area contributed by atoms with Crippen molar-refractivity contribution >= 4 is 49.5 Å². The summed E-state index contributed by atoms with van der Waals surface area (Å²) in [5, 5.41) is 17.2. The van der Waals surface area contributed by atoms with Crippen molar-refractivity contribution in [2.45, 2.75) is 44.0 Å². The Morgan fingerprint density at radius 1 is 1.11 bits per heavy atom. The SMILES string of the molecule is CO[C@@H]1[C@H](N(C)C#N)C[C@@H]2O[C@]1(C)n1c3ccccc3c3c4c(c5c6ccccc6n2c5c31)C(=O)NC4. The number of methoxy groups -OCH3 is 1. The van der Waals surface area contributed by atoms with Crippen LogP contribution < -0.4 is 5.32 Å². The summed E-state index contributed by atoms with van der Waals surface area (Å²) < 4.78 is 17.8. The van der Waals surface area contributed by atoms with E-state index in [1.807, 2.05) is 31.3 Å². The number of para-hydroxylation sites is 2. The highest BCUT2D eigenvalue weighted by Crippen LogP contribution is 2.54. The number of nitrogens with zero attached hydrogens (tertiary/aromatic N) is 4. The molecule has 0 unspecified atom stereocenters. The molecule has 1 N–H and O–H groups in total. The second-order valence-corrected chi connectivity index (χ2v) is 10.5. The molecule has 1 amide bonds. The molecule has 4 atom stereocenters. The Morgan fingerprint density at radius 3 is 2.54 bits per heavy atom. The molecule has 0 aliphatic carbocycles. The second-order valence-electron chi connectivity index (χ2n) is 10.5. The lowest BCUT2D eigenvalue weighted by atomic mass is 9.92. The molecular formula is C29H25N5O3. The lowest BCUT2D eigenvalue weighted by Crippen LogP contribution is -2.59. The molecule has 3 aromatic carbocycles. The quantitative estimate of drug-likeness (QED) is 0.289. The van der Waals surface area contributed by atoms with Gasteiger partial charge in [-0.3, -0.25) is 4.79 Å². The standard InChI is InChI=1S/C29H25N5O3/c1-29-27(36-3)20(32(2)14-30)12-21(37-29)33-18-10-6-4-8-15(18)23-24-17(13-31-28(24)35)22-16-9-5-7-11-19(16)34(29)26(22)25(23)33/h4-11,20-21,27H,12-13H2,1-3H3,(H,31,35)/t20-,21+,27-,29+/m1/s1. The third kappa shape index (κ3) is 2.28. The third-order valence-corrected chi connectivity index (χ3v) is 8.85. The Bertz CT molecular complexity index is 1880. The van der Waals surface area contributed by atoms with Crippen LogP contribution in [-0.4, -0.2) is 46.2 Å². The van der Waals surface area contributed by atoms with Crippen molar-refractivity contribution in [3.05, 3.63) is 59.7 Å². The van der Waals surface area contributed by atoms with Crippen LogP contribution in [0.5, 0.6) is 0 Å². The Hall–Kier alpha value is -4.06. The minimum absolute atomic E-state index is 0.0344. The summed E-state index contributed by atoms with van der Waals surface area (Å²) in [4.78, 5) is 15.1. The number of carbonyl (C=O) groups is 1. The van der Waals surface area contributed by atoms with Crippen LogP contribution in [0.4, 0.5) is 0 Å². The number of amides is 1. The molecule has 2 bridgehead atoms. The zero-order chi connectivity index (χ0) is 25.2. The fraction of sp³-hybridized carbons (Fsp3) is 0.310. The summed E-state index contributed by atoms with van der Waals surface area (Å²) in [6.07, 6.45) is 2.13. The normalized spacial score (nSPS) is 26.1. The summed E-state index contributed by atoms with van der Waals surface area (Å²) in [7, 11) is 3.51. The number of ether oxygens (including phenoxy) is 2. The van der Waals surface area contributed by atoms with E-state index in [0.717, 1.165) is 54.7 Å². The molecule has 2 aromatic heterocycles. The first-order valence-corrected chi connectivity index (χ1v) is 12.6. The molecule has 5 heterocycles. The minimum Gasteiger partial charge on any atom is -0.374 e. The van der Waals surface area contributed by atoms with E-state index in [9.17, 15) is 10.1 Å². The van der Waals surface area contributed by atoms with Gasteiger partial charge < -0.3 is 28.8 Å². The number of nitrogens with one attached hydrogen (secondary N) is 1. The molecule has 8 rings (SSSR count). The van der Waals surface area contributed by atoms with E-state index < -0.39 is 11.8 Å². The van der Waals surface area contributed by atoms with Gasteiger partial charge in [-0.25, -0.2) is 0 Å². The summed E-state index contributed by atoms with van der Waals surface area (Å²) in [5.41, 5.74) is 4.98. The summed E-state index contributed by atoms with van der Waals surface area (Å²) in [6.45, 7) is 2.57. The maximum atomic E-state index is 13.4. The molecule has 184 valence electrons. The number of nitriles is 1. The van der Waals surface area contributed by atoms with Crippen LogP contribution in [0, 0.1) is 11.5 Å². The number of benzene rings is 3. The van der Waals surface area contributed by atoms with Crippen molar-refractivity contribution in [2.75, 3.05) is 14.2 Å². The van der Waals surface area contributed by atoms with Crippen molar-refractivity contribution in [1.82, 2.24) is 19.4 Å². The molecule has 8 nitrogen and oxygen atoms in total. The largest absolute Gasteiger partial charge is 0.374 e. The summed E-state index contributed by atoms with van der Waals surface area (Å²) >= 11 is 0. The van der Waals surface area contributed by atoms with E-state index in [1.165, 1.54) is 0 Å². The molecule has 0 radical (unpaired) electrons. The fourth-order valence-corrected chi connectivity index (χ4v) is 7.47. The van der Waals surface area contributed by atoms with Gasteiger partial charge in [0, 0.05) is 48.7 Å². The van der Waals surface area contributed by atoms with Gasteiger partial charge in [0.2, 0.25) is 0 Å². The molecule has 3 aliphatic rings. The Morgan fingerprint density at radius 2 is 1.81 bits per heavy atom. The first-order chi connectivity index (χ1) is 18.0. The van der Waals surface area contributed by atoms with E-state index in [4.69, 9.17) is 9.47 Å². The Kier molecular flexibility index (Phi) is 3.88. The Balaban J connectivity index is 1.68. The van der Waals surface area contributed by atoms with Crippen molar-refractivity contribution in [2.24, 2.45) is 0 Å². The lowest BCUT2D eigenvalue weighted by molar-refractivity contribution is -0.264. The predicted molar refractivity (Wildman–Crippen MR) is 140 cm³/mol. The van der Waals surface area contributed by atoms with E-state index in [1.54, 1.807) is 12.0 Å². The molecule has 1 fully saturated rings. The lowest BCUT2D eigenvalue weighted by Gasteiger charge is -2.49. The number of carbonyl (C=O) groups excluding carboxylic acids is 1. The maximum absolute atomic E-state index is 13.4. The van der Waals surface area contributed by atoms with Crippen LogP contribution in [-0.2, 0) is 21.7 Å². The van der Waals surface area contributed by atoms with E-state index in [-0.39, 0.29) is 18.2 Å². The van der Waals surface area contributed by atoms with Gasteiger partial charge in [0.05, 0.1) is 33.7 Å². The van der Waals surface area contributed by atoms with E-state index in [2.05, 4.69) is 51.8 Å². The van der Waals surface area contributed by atoms with Crippen LogP contribution in [0.1, 0.15) is 35.5 Å². The van der Waals surface area contributed by atoms with Crippen LogP contribution in [0.15, 0.2) is 48.5 Å². The topological polar surface area (TPSA) is 84.4 Å². The van der Waals surface area contributed by atoms with Gasteiger partial charge >= 0.3 is 0 Å². The molecule has 8 heteroatoms. The summed E-state index contributed by atoms with van der Waals surface area (Å²) in [5.74, 6) is -0.0344. The van der Waals surface area contributed by atoms with Crippen LogP contribution in [0.25, 0.3) is 43.6 Å². The van der Waals surface area contributed by atoms with Gasteiger partial charge in [-0.05, 0) is 24.6 Å². The molecular weight excluding hydrogens is 466 g/mol. The van der Waals surface area contributed by atoms with E-state index >= 15 is 0 Å². The van der Waals surface area contributed by atoms with Crippen molar-refractivity contribution < 1.29 is 14.3 Å². The second kappa shape index (κ2) is 6.82. The van der Waals surface area contributed by atoms with Crippen LogP contribution in [0.3, 0.4) is 0 Å². The number of hydrogen-bond donors (Lipinski definition) is 1.